The van der Waals surface area contributed by atoms with Gasteiger partial charge in [0.2, 0.25) is 0 Å². The van der Waals surface area contributed by atoms with Gasteiger partial charge in [-0.3, -0.25) is 0 Å². The Balaban J connectivity index is 0.0000000982. The number of hydrogen-bond donors (Lipinski definition) is 0. The van der Waals surface area contributed by atoms with Gasteiger partial charge in [0.25, 0.3) is 0 Å². The molecule has 0 bridgehead atoms. The Hall–Kier alpha value is -17.9. The average molecular weight is 2010 g/mol. The Morgan fingerprint density at radius 3 is 1.20 bits per heavy atom. The molecule has 30 aromatic rings. The summed E-state index contributed by atoms with van der Waals surface area (Å²) < 4.78 is 28.5. The Kier molecular flexibility index (Phi) is 22.9. The van der Waals surface area contributed by atoms with Crippen molar-refractivity contribution in [1.29, 1.82) is 0 Å². The van der Waals surface area contributed by atoms with Gasteiger partial charge < -0.3 is 37.3 Å². The highest BCUT2D eigenvalue weighted by Crippen LogP contribution is 2.53. The number of rotatable bonds is 13. The van der Waals surface area contributed by atoms with Gasteiger partial charge in [0.05, 0.1) is 21.8 Å². The lowest BCUT2D eigenvalue weighted by atomic mass is 9.94. The average Bonchev–Trinajstić information content (AvgIpc) is 1.68. The molecular weight excluding hydrogens is 1930 g/mol. The minimum Gasteiger partial charge on any atom is -0.456 e. The second-order valence-electron chi connectivity index (χ2n) is 37.2. The molecule has 0 saturated heterocycles. The van der Waals surface area contributed by atoms with E-state index in [1.54, 1.807) is 0 Å². The summed E-state index contributed by atoms with van der Waals surface area (Å²) in [6, 6.07) is 177. The summed E-state index contributed by atoms with van der Waals surface area (Å²) in [6.07, 6.45) is 0. The van der Waals surface area contributed by atoms with Crippen LogP contribution < -0.4 is 19.6 Å². The molecule has 0 fully saturated rings. The predicted molar refractivity (Wildman–Crippen MR) is 635 cm³/mol. The van der Waals surface area contributed by atoms with Crippen molar-refractivity contribution >= 4 is 309 Å². The largest absolute Gasteiger partial charge is 0.456 e. The van der Waals surface area contributed by atoms with E-state index in [0.29, 0.717) is 5.02 Å². The van der Waals surface area contributed by atoms with Gasteiger partial charge in [-0.15, -0.1) is 11.3 Å². The van der Waals surface area contributed by atoms with Gasteiger partial charge in [0, 0.05) is 163 Å². The Bertz CT molecular complexity index is 10400. The summed E-state index contributed by atoms with van der Waals surface area (Å²) in [6.45, 7) is 0. The van der Waals surface area contributed by atoms with Gasteiger partial charge in [-0.1, -0.05) is 325 Å². The topological polar surface area (TPSA) is 65.5 Å². The zero-order valence-electron chi connectivity index (χ0n) is 79.8. The van der Waals surface area contributed by atoms with E-state index in [4.69, 9.17) is 64.1 Å². The molecule has 13 heteroatoms. The van der Waals surface area contributed by atoms with Crippen LogP contribution in [0.3, 0.4) is 0 Å². The quantitative estimate of drug-likeness (QED) is 0.106. The first-order valence-electron chi connectivity index (χ1n) is 49.6. The molecule has 0 aliphatic heterocycles. The van der Waals surface area contributed by atoms with E-state index >= 15 is 0 Å². The molecule has 0 unspecified atom stereocenters. The maximum atomic E-state index is 6.72. The molecule has 0 saturated carbocycles. The summed E-state index contributed by atoms with van der Waals surface area (Å²) in [7, 11) is 0. The van der Waals surface area contributed by atoms with Crippen LogP contribution >= 0.6 is 57.7 Å². The number of para-hydroxylation sites is 7. The number of nitrogens with zero attached hydrogens (tertiary/aromatic N) is 4. The molecule has 0 spiro atoms. The van der Waals surface area contributed by atoms with Crippen molar-refractivity contribution in [3.8, 4) is 11.1 Å². The van der Waals surface area contributed by atoms with Gasteiger partial charge in [0.1, 0.15) is 44.7 Å². The number of hydrogen-bond acceptors (Lipinski definition) is 9. The summed E-state index contributed by atoms with van der Waals surface area (Å²) in [5, 5.41) is 29.9. The third kappa shape index (κ3) is 16.1. The summed E-state index contributed by atoms with van der Waals surface area (Å²) in [5.74, 6) is 0. The smallest absolute Gasteiger partial charge is 0.143 e. The first kappa shape index (κ1) is 89.9. The van der Waals surface area contributed by atoms with Gasteiger partial charge in [-0.05, 0) is 283 Å². The van der Waals surface area contributed by atoms with Crippen molar-refractivity contribution in [2.24, 2.45) is 0 Å². The fraction of sp³-hybridized carbons (Fsp3) is 0. The minimum absolute atomic E-state index is 0.702. The van der Waals surface area contributed by atoms with Gasteiger partial charge >= 0.3 is 0 Å². The van der Waals surface area contributed by atoms with Crippen molar-refractivity contribution in [1.82, 2.24) is 0 Å². The van der Waals surface area contributed by atoms with E-state index < -0.39 is 0 Å². The predicted octanol–water partition coefficient (Wildman–Crippen LogP) is 42.9. The molecule has 0 atom stereocenters. The van der Waals surface area contributed by atoms with Gasteiger partial charge in [0.15, 0.2) is 0 Å². The third-order valence-corrected chi connectivity index (χ3v) is 30.9. The maximum absolute atomic E-state index is 6.72. The minimum atomic E-state index is 0.702. The molecule has 5 aromatic heterocycles. The SMILES string of the molecule is Clc1cc2ccccc2c2cc3oc4cc(N(c5ccccc5)c5ccccc5)ccc4c3cc12.Clc1ccc(-c2cccc3oc4cccc(N(c5ccccc5)c5ccccc5)c4c23)c2ccccc12.Clc1ccc2c(c1)c1ccccc1c1oc3cc(N(c4ccccc4)c4ccccc4)ccc3c21.Clc1cccc2oc3cc4c(N(c5ccccc5)c5ccc6sc7ccccc7c6c5)cc5ccccc5c4cc3c12. The summed E-state index contributed by atoms with van der Waals surface area (Å²) in [4.78, 5) is 9.17. The lowest BCUT2D eigenvalue weighted by molar-refractivity contribution is 0.669. The van der Waals surface area contributed by atoms with Crippen molar-refractivity contribution in [2.45, 2.75) is 0 Å². The molecule has 5 heterocycles. The first-order chi connectivity index (χ1) is 73.6. The van der Waals surface area contributed by atoms with E-state index in [1.807, 2.05) is 96.3 Å². The maximum Gasteiger partial charge on any atom is 0.143 e. The second kappa shape index (κ2) is 37.9. The number of thiophene rings is 1. The van der Waals surface area contributed by atoms with Crippen LogP contribution in [0.15, 0.2) is 527 Å². The van der Waals surface area contributed by atoms with Crippen molar-refractivity contribution in [2.75, 3.05) is 19.6 Å². The monoisotopic (exact) mass is 2010 g/mol. The number of fused-ring (bicyclic) bond motifs is 27. The molecule has 0 N–H and O–H groups in total. The van der Waals surface area contributed by atoms with Crippen molar-refractivity contribution in [3.05, 3.63) is 530 Å². The highest BCUT2D eigenvalue weighted by atomic mass is 35.5. The molecular formula is C136H84Cl4N4O4S. The zero-order valence-corrected chi connectivity index (χ0v) is 83.7. The summed E-state index contributed by atoms with van der Waals surface area (Å²) >= 11 is 28.3. The standard InChI is InChI=1S/C38H22ClNOS.C34H22ClNO.2C32H20ClNO/c39-32-14-8-15-34-38(32)31-21-28-26-12-5-4-9-23(26)19-33(29(28)22-35(31)41-34)40(24-10-2-1-3-11-24)25-17-18-37-30(20-25)27-13-6-7-16-36(27)42-37;35-29-22-21-26(25-15-7-8-16-27(25)29)28-17-9-19-31-33(28)34-30(18-10-20-32(34)37-31)36(23-11-3-1-4-12-23)24-13-5-2-6-14-24;33-30-17-21-9-7-8-14-25(21)27-20-32-29(19-28(27)30)26-16-15-24(18-31(26)35-32)34(22-10-3-1-4-11-22)23-12-5-2-6-13-23;33-21-15-17-26-29(19-21)25-13-7-8-14-27(25)32-31(26)28-18-16-24(20-30(28)35-32)34(22-9-3-1-4-10-22)23-11-5-2-6-12-23/h1-22H;1-22H;2*1-20H. The molecule has 0 amide bonds. The third-order valence-electron chi connectivity index (χ3n) is 28.6. The molecule has 149 heavy (non-hydrogen) atoms. The van der Waals surface area contributed by atoms with Crippen LogP contribution in [-0.4, -0.2) is 0 Å². The summed E-state index contributed by atoms with van der Waals surface area (Å²) in [5.41, 5.74) is 22.1. The van der Waals surface area contributed by atoms with Gasteiger partial charge in [-0.2, -0.15) is 0 Å². The highest BCUT2D eigenvalue weighted by Gasteiger charge is 2.28. The van der Waals surface area contributed by atoms with E-state index in [2.05, 4.69) is 444 Å². The van der Waals surface area contributed by atoms with E-state index in [1.165, 1.54) is 41.7 Å². The molecule has 0 aliphatic carbocycles. The number of furan rings is 4. The molecule has 706 valence electrons. The van der Waals surface area contributed by atoms with Crippen molar-refractivity contribution < 1.29 is 17.7 Å². The van der Waals surface area contributed by atoms with E-state index in [9.17, 15) is 0 Å². The highest BCUT2D eigenvalue weighted by molar-refractivity contribution is 7.25. The zero-order chi connectivity index (χ0) is 99.3. The molecule has 30 rings (SSSR count). The molecule has 25 aromatic carbocycles. The van der Waals surface area contributed by atoms with Crippen LogP contribution in [0.2, 0.25) is 20.1 Å². The Labute approximate surface area is 880 Å². The van der Waals surface area contributed by atoms with Crippen LogP contribution in [-0.2, 0) is 0 Å². The lowest BCUT2D eigenvalue weighted by Gasteiger charge is -2.27. The van der Waals surface area contributed by atoms with Crippen LogP contribution in [0.25, 0.3) is 194 Å². The Morgan fingerprint density at radius 1 is 0.161 bits per heavy atom. The number of halogens is 4. The van der Waals surface area contributed by atoms with Crippen LogP contribution in [0.4, 0.5) is 68.2 Å². The number of anilines is 12. The van der Waals surface area contributed by atoms with Crippen LogP contribution in [0.1, 0.15) is 0 Å². The van der Waals surface area contributed by atoms with Crippen LogP contribution in [0, 0.1) is 0 Å². The first-order valence-corrected chi connectivity index (χ1v) is 51.9. The molecule has 0 radical (unpaired) electrons. The Morgan fingerprint density at radius 2 is 0.584 bits per heavy atom. The van der Waals surface area contributed by atoms with Crippen LogP contribution in [0.5, 0.6) is 0 Å². The number of benzene rings is 25. The van der Waals surface area contributed by atoms with Gasteiger partial charge in [-0.25, -0.2) is 0 Å². The molecule has 8 nitrogen and oxygen atoms in total. The van der Waals surface area contributed by atoms with E-state index in [-0.39, 0.29) is 0 Å². The van der Waals surface area contributed by atoms with E-state index in [0.717, 1.165) is 236 Å². The second-order valence-corrected chi connectivity index (χ2v) is 40.0. The lowest BCUT2D eigenvalue weighted by Crippen LogP contribution is -2.10. The fourth-order valence-corrected chi connectivity index (χ4v) is 24.0. The molecule has 0 aliphatic rings. The normalized spacial score (nSPS) is 11.6. The fourth-order valence-electron chi connectivity index (χ4n) is 21.9. The van der Waals surface area contributed by atoms with Crippen molar-refractivity contribution in [3.63, 3.8) is 0 Å².